The highest BCUT2D eigenvalue weighted by Crippen LogP contribution is 2.39. The van der Waals surface area contributed by atoms with Crippen LogP contribution < -0.4 is 9.47 Å². The number of aromatic nitrogens is 1. The standard InChI is InChI=1S/C30H35NO5/c1-19(30(33)34)11-21-9-10-31(17-21)18-26(14-22-12-23-7-5-6-8-24(23)13-22)29(32)25-15-27(35-3)20(2)28(16-25)36-4/h5-11,15-17,22,26,29,32H,12-14,18H2,1-4H3,(H,33,34)/b19-11+/t26-,29-/m1/s1. The average molecular weight is 490 g/mol. The Balaban J connectivity index is 1.62. The molecule has 0 amide bonds. The van der Waals surface area contributed by atoms with Gasteiger partial charge in [-0.25, -0.2) is 4.79 Å². The van der Waals surface area contributed by atoms with E-state index in [0.29, 0.717) is 24.0 Å². The number of fused-ring (bicyclic) bond motifs is 1. The molecule has 3 aromatic rings. The van der Waals surface area contributed by atoms with Crippen LogP contribution in [0, 0.1) is 18.8 Å². The van der Waals surface area contributed by atoms with Crippen LogP contribution in [0.15, 0.2) is 60.4 Å². The summed E-state index contributed by atoms with van der Waals surface area (Å²) in [5, 5.41) is 20.9. The number of rotatable bonds is 10. The highest BCUT2D eigenvalue weighted by Gasteiger charge is 2.30. The van der Waals surface area contributed by atoms with Crippen LogP contribution in [0.2, 0.25) is 0 Å². The smallest absolute Gasteiger partial charge is 0.331 e. The van der Waals surface area contributed by atoms with Crippen LogP contribution >= 0.6 is 0 Å². The maximum Gasteiger partial charge on any atom is 0.331 e. The Morgan fingerprint density at radius 1 is 1.11 bits per heavy atom. The van der Waals surface area contributed by atoms with E-state index in [4.69, 9.17) is 9.47 Å². The highest BCUT2D eigenvalue weighted by atomic mass is 16.5. The molecular formula is C30H35NO5. The quantitative estimate of drug-likeness (QED) is 0.370. The summed E-state index contributed by atoms with van der Waals surface area (Å²) >= 11 is 0. The van der Waals surface area contributed by atoms with Gasteiger partial charge in [0.2, 0.25) is 0 Å². The molecule has 6 heteroatoms. The highest BCUT2D eigenvalue weighted by molar-refractivity contribution is 5.91. The van der Waals surface area contributed by atoms with Crippen molar-refractivity contribution in [2.24, 2.45) is 11.8 Å². The molecule has 0 radical (unpaired) electrons. The summed E-state index contributed by atoms with van der Waals surface area (Å²) in [7, 11) is 3.25. The van der Waals surface area contributed by atoms with Gasteiger partial charge in [-0.3, -0.25) is 0 Å². The van der Waals surface area contributed by atoms with Crippen molar-refractivity contribution in [2.45, 2.75) is 45.8 Å². The molecule has 0 saturated carbocycles. The largest absolute Gasteiger partial charge is 0.496 e. The summed E-state index contributed by atoms with van der Waals surface area (Å²) < 4.78 is 13.2. The molecule has 4 rings (SSSR count). The number of aliphatic hydroxyl groups excluding tert-OH is 1. The van der Waals surface area contributed by atoms with Crippen LogP contribution in [0.4, 0.5) is 0 Å². The minimum atomic E-state index is -0.931. The lowest BCUT2D eigenvalue weighted by molar-refractivity contribution is -0.132. The SMILES string of the molecule is COc1cc([C@@H](O)[C@H](CC2Cc3ccccc3C2)Cn2ccc(/C=C(\C)C(=O)O)c2)cc(OC)c1C. The molecule has 190 valence electrons. The zero-order chi connectivity index (χ0) is 25.8. The number of nitrogens with zero attached hydrogens (tertiary/aromatic N) is 1. The van der Waals surface area contributed by atoms with Gasteiger partial charge in [-0.15, -0.1) is 0 Å². The van der Waals surface area contributed by atoms with E-state index >= 15 is 0 Å². The number of carboxylic acid groups (broad SMARTS) is 1. The van der Waals surface area contributed by atoms with E-state index in [1.165, 1.54) is 11.1 Å². The zero-order valence-corrected chi connectivity index (χ0v) is 21.4. The Kier molecular flexibility index (Phi) is 7.85. The van der Waals surface area contributed by atoms with E-state index < -0.39 is 12.1 Å². The first-order chi connectivity index (χ1) is 17.3. The van der Waals surface area contributed by atoms with Gasteiger partial charge in [-0.2, -0.15) is 0 Å². The molecule has 0 spiro atoms. The van der Waals surface area contributed by atoms with E-state index in [-0.39, 0.29) is 11.5 Å². The van der Waals surface area contributed by atoms with Crippen molar-refractivity contribution in [3.63, 3.8) is 0 Å². The molecule has 1 heterocycles. The molecular weight excluding hydrogens is 454 g/mol. The third-order valence-electron chi connectivity index (χ3n) is 7.27. The summed E-state index contributed by atoms with van der Waals surface area (Å²) in [6, 6.07) is 14.3. The molecule has 6 nitrogen and oxygen atoms in total. The van der Waals surface area contributed by atoms with Crippen molar-refractivity contribution < 1.29 is 24.5 Å². The maximum atomic E-state index is 11.7. The lowest BCUT2D eigenvalue weighted by Crippen LogP contribution is -2.22. The maximum absolute atomic E-state index is 11.7. The van der Waals surface area contributed by atoms with Gasteiger partial charge in [0.25, 0.3) is 0 Å². The van der Waals surface area contributed by atoms with Gasteiger partial charge in [-0.1, -0.05) is 24.3 Å². The minimum absolute atomic E-state index is 0.0637. The molecule has 0 saturated heterocycles. The van der Waals surface area contributed by atoms with Crippen LogP contribution in [0.25, 0.3) is 6.08 Å². The predicted molar refractivity (Wildman–Crippen MR) is 140 cm³/mol. The molecule has 0 aliphatic heterocycles. The summed E-state index contributed by atoms with van der Waals surface area (Å²) in [6.45, 7) is 4.13. The number of hydrogen-bond donors (Lipinski definition) is 2. The summed E-state index contributed by atoms with van der Waals surface area (Å²) in [4.78, 5) is 11.2. The van der Waals surface area contributed by atoms with Crippen molar-refractivity contribution in [3.05, 3.63) is 88.2 Å². The van der Waals surface area contributed by atoms with E-state index in [1.54, 1.807) is 27.2 Å². The second kappa shape index (κ2) is 11.0. The lowest BCUT2D eigenvalue weighted by atomic mass is 9.85. The first-order valence-corrected chi connectivity index (χ1v) is 12.3. The Hall–Kier alpha value is -3.51. The first-order valence-electron chi connectivity index (χ1n) is 12.3. The van der Waals surface area contributed by atoms with E-state index in [1.807, 2.05) is 42.1 Å². The monoisotopic (exact) mass is 489 g/mol. The van der Waals surface area contributed by atoms with Crippen molar-refractivity contribution in [1.29, 1.82) is 0 Å². The zero-order valence-electron chi connectivity index (χ0n) is 21.4. The lowest BCUT2D eigenvalue weighted by Gasteiger charge is -2.27. The van der Waals surface area contributed by atoms with Crippen LogP contribution in [-0.4, -0.2) is 35.0 Å². The van der Waals surface area contributed by atoms with Gasteiger partial charge in [-0.05, 0) is 85.6 Å². The van der Waals surface area contributed by atoms with Crippen LogP contribution in [0.1, 0.15) is 47.3 Å². The molecule has 36 heavy (non-hydrogen) atoms. The Morgan fingerprint density at radius 3 is 2.28 bits per heavy atom. The number of hydrogen-bond acceptors (Lipinski definition) is 4. The Morgan fingerprint density at radius 2 is 1.72 bits per heavy atom. The third kappa shape index (κ3) is 5.65. The number of ether oxygens (including phenoxy) is 2. The van der Waals surface area contributed by atoms with Gasteiger partial charge in [0.05, 0.1) is 20.3 Å². The fraction of sp³-hybridized carbons (Fsp3) is 0.367. The van der Waals surface area contributed by atoms with Crippen molar-refractivity contribution in [1.82, 2.24) is 4.57 Å². The number of aliphatic carboxylic acids is 1. The average Bonchev–Trinajstić information content (AvgIpc) is 3.49. The number of carboxylic acids is 1. The molecule has 0 bridgehead atoms. The van der Waals surface area contributed by atoms with Gasteiger partial charge in [0, 0.05) is 36.0 Å². The number of carbonyl (C=O) groups is 1. The summed E-state index contributed by atoms with van der Waals surface area (Å²) in [5.41, 5.74) is 5.57. The van der Waals surface area contributed by atoms with Gasteiger partial charge < -0.3 is 24.3 Å². The second-order valence-electron chi connectivity index (χ2n) is 9.81. The van der Waals surface area contributed by atoms with Crippen LogP contribution in [0.3, 0.4) is 0 Å². The van der Waals surface area contributed by atoms with Crippen molar-refractivity contribution >= 4 is 12.0 Å². The number of aliphatic hydroxyl groups is 1. The molecule has 2 aromatic carbocycles. The van der Waals surface area contributed by atoms with Crippen molar-refractivity contribution in [2.75, 3.05) is 14.2 Å². The fourth-order valence-corrected chi connectivity index (χ4v) is 5.34. The van der Waals surface area contributed by atoms with E-state index in [2.05, 4.69) is 24.3 Å². The topological polar surface area (TPSA) is 80.9 Å². The van der Waals surface area contributed by atoms with E-state index in [0.717, 1.165) is 36.0 Å². The molecule has 2 atom stereocenters. The van der Waals surface area contributed by atoms with Crippen LogP contribution in [-0.2, 0) is 24.2 Å². The van der Waals surface area contributed by atoms with Crippen molar-refractivity contribution in [3.8, 4) is 11.5 Å². The number of methoxy groups -OCH3 is 2. The normalized spacial score (nSPS) is 15.4. The Bertz CT molecular complexity index is 1210. The predicted octanol–water partition coefficient (Wildman–Crippen LogP) is 5.46. The van der Waals surface area contributed by atoms with Gasteiger partial charge in [0.15, 0.2) is 0 Å². The molecule has 1 aromatic heterocycles. The molecule has 0 unspecified atom stereocenters. The minimum Gasteiger partial charge on any atom is -0.496 e. The first kappa shape index (κ1) is 25.6. The summed E-state index contributed by atoms with van der Waals surface area (Å²) in [6.07, 6.45) is 7.69. The van der Waals surface area contributed by atoms with Gasteiger partial charge in [0.1, 0.15) is 11.5 Å². The number of benzene rings is 2. The van der Waals surface area contributed by atoms with Gasteiger partial charge >= 0.3 is 5.97 Å². The molecule has 2 N–H and O–H groups in total. The van der Waals surface area contributed by atoms with E-state index in [9.17, 15) is 15.0 Å². The molecule has 0 fully saturated rings. The van der Waals surface area contributed by atoms with Crippen LogP contribution in [0.5, 0.6) is 11.5 Å². The summed E-state index contributed by atoms with van der Waals surface area (Å²) in [5.74, 6) is 0.826. The fourth-order valence-electron chi connectivity index (χ4n) is 5.34. The molecule has 1 aliphatic carbocycles. The molecule has 1 aliphatic rings. The third-order valence-corrected chi connectivity index (χ3v) is 7.27. The second-order valence-corrected chi connectivity index (χ2v) is 9.81. The Labute approximate surface area is 212 Å².